The zero-order chi connectivity index (χ0) is 15.9. The first-order valence-corrected chi connectivity index (χ1v) is 7.31. The molecule has 1 aromatic carbocycles. The van der Waals surface area contributed by atoms with Crippen LogP contribution in [0.2, 0.25) is 0 Å². The molecule has 0 saturated carbocycles. The van der Waals surface area contributed by atoms with Crippen molar-refractivity contribution < 1.29 is 14.0 Å². The van der Waals surface area contributed by atoms with Crippen molar-refractivity contribution in [1.82, 2.24) is 20.8 Å². The van der Waals surface area contributed by atoms with Gasteiger partial charge in [0.25, 0.3) is 5.91 Å². The Kier molecular flexibility index (Phi) is 5.37. The maximum atomic E-state index is 12.8. The highest BCUT2D eigenvalue weighted by molar-refractivity contribution is 7.13. The Bertz CT molecular complexity index is 659. The van der Waals surface area contributed by atoms with Crippen LogP contribution in [0, 0.1) is 5.82 Å². The number of amides is 3. The number of nitrogens with zero attached hydrogens (tertiary/aromatic N) is 2. The van der Waals surface area contributed by atoms with Crippen LogP contribution in [0.1, 0.15) is 21.7 Å². The first kappa shape index (κ1) is 15.8. The van der Waals surface area contributed by atoms with Gasteiger partial charge in [0.1, 0.15) is 10.8 Å². The molecule has 0 aliphatic heterocycles. The molecule has 9 heteroatoms. The largest absolute Gasteiger partial charge is 0.338 e. The molecule has 0 spiro atoms. The number of urea groups is 1. The fourth-order valence-electron chi connectivity index (χ4n) is 1.51. The van der Waals surface area contributed by atoms with Crippen molar-refractivity contribution in [3.8, 4) is 0 Å². The summed E-state index contributed by atoms with van der Waals surface area (Å²) >= 11 is 1.07. The lowest BCUT2D eigenvalue weighted by molar-refractivity contribution is 0.102. The van der Waals surface area contributed by atoms with E-state index in [2.05, 4.69) is 26.1 Å². The Morgan fingerprint density at radius 1 is 1.18 bits per heavy atom. The van der Waals surface area contributed by atoms with E-state index in [0.717, 1.165) is 11.3 Å². The van der Waals surface area contributed by atoms with Gasteiger partial charge in [-0.2, -0.15) is 0 Å². The second-order valence-electron chi connectivity index (χ2n) is 4.17. The molecule has 2 rings (SSSR count). The minimum atomic E-state index is -0.437. The molecule has 1 aromatic heterocycles. The van der Waals surface area contributed by atoms with E-state index in [4.69, 9.17) is 0 Å². The molecule has 0 aliphatic carbocycles. The molecule has 1 heterocycles. The van der Waals surface area contributed by atoms with Gasteiger partial charge in [0.2, 0.25) is 5.01 Å². The Labute approximate surface area is 129 Å². The van der Waals surface area contributed by atoms with E-state index >= 15 is 0 Å². The molecule has 0 aliphatic rings. The Balaban J connectivity index is 1.91. The summed E-state index contributed by atoms with van der Waals surface area (Å²) in [5.41, 5.74) is 0.462. The number of hydrogen-bond acceptors (Lipinski definition) is 5. The molecule has 0 unspecified atom stereocenters. The third kappa shape index (κ3) is 4.48. The number of nitrogens with one attached hydrogen (secondary N) is 3. The van der Waals surface area contributed by atoms with Gasteiger partial charge < -0.3 is 16.0 Å². The number of rotatable bonds is 5. The predicted molar refractivity (Wildman–Crippen MR) is 80.2 cm³/mol. The number of carbonyl (C=O) groups is 2. The Hall–Kier alpha value is -2.55. The van der Waals surface area contributed by atoms with E-state index in [-0.39, 0.29) is 23.4 Å². The number of carbonyl (C=O) groups excluding carboxylic acids is 2. The van der Waals surface area contributed by atoms with E-state index in [0.29, 0.717) is 17.2 Å². The van der Waals surface area contributed by atoms with Gasteiger partial charge >= 0.3 is 6.03 Å². The van der Waals surface area contributed by atoms with Crippen LogP contribution < -0.4 is 16.0 Å². The summed E-state index contributed by atoms with van der Waals surface area (Å²) in [5, 5.41) is 16.0. The molecule has 7 nitrogen and oxygen atoms in total. The smallest absolute Gasteiger partial charge is 0.315 e. The van der Waals surface area contributed by atoms with Gasteiger partial charge in [0.05, 0.1) is 6.54 Å². The second kappa shape index (κ2) is 7.46. The molecule has 116 valence electrons. The standard InChI is InChI=1S/C13H14FN5O2S/c1-2-15-13(21)16-7-10-18-19-12(22-10)11(20)17-9-5-3-8(14)4-6-9/h3-6H,2,7H2,1H3,(H,17,20)(H2,15,16,21). The van der Waals surface area contributed by atoms with Crippen molar-refractivity contribution in [2.24, 2.45) is 0 Å². The summed E-state index contributed by atoms with van der Waals surface area (Å²) in [4.78, 5) is 23.2. The Morgan fingerprint density at radius 3 is 2.59 bits per heavy atom. The van der Waals surface area contributed by atoms with Crippen LogP contribution in [-0.2, 0) is 6.54 Å². The van der Waals surface area contributed by atoms with Crippen LogP contribution in [0.25, 0.3) is 0 Å². The molecule has 0 radical (unpaired) electrons. The van der Waals surface area contributed by atoms with Gasteiger partial charge in [-0.05, 0) is 31.2 Å². The highest BCUT2D eigenvalue weighted by Crippen LogP contribution is 2.13. The second-order valence-corrected chi connectivity index (χ2v) is 5.24. The minimum Gasteiger partial charge on any atom is -0.338 e. The van der Waals surface area contributed by atoms with E-state index in [1.54, 1.807) is 0 Å². The zero-order valence-electron chi connectivity index (χ0n) is 11.7. The molecule has 3 amide bonds. The number of hydrogen-bond donors (Lipinski definition) is 3. The lowest BCUT2D eigenvalue weighted by Gasteiger charge is -2.02. The summed E-state index contributed by atoms with van der Waals surface area (Å²) < 4.78 is 12.8. The maximum Gasteiger partial charge on any atom is 0.315 e. The molecular weight excluding hydrogens is 309 g/mol. The Morgan fingerprint density at radius 2 is 1.91 bits per heavy atom. The molecule has 0 bridgehead atoms. The molecule has 3 N–H and O–H groups in total. The van der Waals surface area contributed by atoms with Crippen LogP contribution in [0.4, 0.5) is 14.9 Å². The average molecular weight is 323 g/mol. The van der Waals surface area contributed by atoms with Crippen molar-refractivity contribution in [3.05, 3.63) is 40.1 Å². The fourth-order valence-corrected chi connectivity index (χ4v) is 2.19. The van der Waals surface area contributed by atoms with Crippen molar-refractivity contribution >= 4 is 29.0 Å². The summed E-state index contributed by atoms with van der Waals surface area (Å²) in [6, 6.07) is 5.09. The molecule has 0 saturated heterocycles. The van der Waals surface area contributed by atoms with Gasteiger partial charge in [0.15, 0.2) is 0 Å². The first-order chi connectivity index (χ1) is 10.6. The van der Waals surface area contributed by atoms with Gasteiger partial charge in [-0.25, -0.2) is 9.18 Å². The van der Waals surface area contributed by atoms with E-state index in [9.17, 15) is 14.0 Å². The van der Waals surface area contributed by atoms with Crippen LogP contribution >= 0.6 is 11.3 Å². The van der Waals surface area contributed by atoms with Gasteiger partial charge in [0, 0.05) is 12.2 Å². The highest BCUT2D eigenvalue weighted by atomic mass is 32.1. The number of halogens is 1. The van der Waals surface area contributed by atoms with Gasteiger partial charge in [-0.1, -0.05) is 11.3 Å². The number of aromatic nitrogens is 2. The summed E-state index contributed by atoms with van der Waals surface area (Å²) in [6.45, 7) is 2.52. The molecule has 2 aromatic rings. The third-order valence-corrected chi connectivity index (χ3v) is 3.42. The maximum absolute atomic E-state index is 12.8. The number of anilines is 1. The highest BCUT2D eigenvalue weighted by Gasteiger charge is 2.13. The van der Waals surface area contributed by atoms with E-state index < -0.39 is 5.91 Å². The van der Waals surface area contributed by atoms with Crippen molar-refractivity contribution in [3.63, 3.8) is 0 Å². The normalized spacial score (nSPS) is 10.1. The van der Waals surface area contributed by atoms with Crippen LogP contribution in [0.3, 0.4) is 0 Å². The lowest BCUT2D eigenvalue weighted by Crippen LogP contribution is -2.34. The van der Waals surface area contributed by atoms with Gasteiger partial charge in [-0.15, -0.1) is 10.2 Å². The van der Waals surface area contributed by atoms with Gasteiger partial charge in [-0.3, -0.25) is 4.79 Å². The fraction of sp³-hybridized carbons (Fsp3) is 0.231. The zero-order valence-corrected chi connectivity index (χ0v) is 12.5. The predicted octanol–water partition coefficient (Wildman–Crippen LogP) is 1.75. The molecule has 0 fully saturated rings. The first-order valence-electron chi connectivity index (χ1n) is 6.49. The minimum absolute atomic E-state index is 0.164. The quantitative estimate of drug-likeness (QED) is 0.781. The van der Waals surface area contributed by atoms with Crippen molar-refractivity contribution in [1.29, 1.82) is 0 Å². The summed E-state index contributed by atoms with van der Waals surface area (Å²) in [7, 11) is 0. The van der Waals surface area contributed by atoms with Crippen molar-refractivity contribution in [2.45, 2.75) is 13.5 Å². The van der Waals surface area contributed by atoms with Crippen LogP contribution in [0.15, 0.2) is 24.3 Å². The lowest BCUT2D eigenvalue weighted by atomic mass is 10.3. The average Bonchev–Trinajstić information content (AvgIpc) is 2.97. The van der Waals surface area contributed by atoms with E-state index in [1.165, 1.54) is 24.3 Å². The monoisotopic (exact) mass is 323 g/mol. The van der Waals surface area contributed by atoms with E-state index in [1.807, 2.05) is 6.92 Å². The SMILES string of the molecule is CCNC(=O)NCc1nnc(C(=O)Nc2ccc(F)cc2)s1. The third-order valence-electron chi connectivity index (χ3n) is 2.50. The molecule has 0 atom stereocenters. The van der Waals surface area contributed by atoms with Crippen LogP contribution in [-0.4, -0.2) is 28.7 Å². The molecular formula is C13H14FN5O2S. The number of benzene rings is 1. The summed E-state index contributed by atoms with van der Waals surface area (Å²) in [6.07, 6.45) is 0. The van der Waals surface area contributed by atoms with Crippen LogP contribution in [0.5, 0.6) is 0 Å². The summed E-state index contributed by atoms with van der Waals surface area (Å²) in [5.74, 6) is -0.819. The van der Waals surface area contributed by atoms with Crippen molar-refractivity contribution in [2.75, 3.05) is 11.9 Å². The topological polar surface area (TPSA) is 96.0 Å². The molecule has 22 heavy (non-hydrogen) atoms.